The Morgan fingerprint density at radius 2 is 1.68 bits per heavy atom. The Kier molecular flexibility index (Phi) is 11.4. The molecule has 1 unspecified atom stereocenters. The van der Waals surface area contributed by atoms with Crippen LogP contribution in [0.4, 0.5) is 9.41 Å². The minimum atomic E-state index is 0. The maximum absolute atomic E-state index is 3.71. The van der Waals surface area contributed by atoms with Gasteiger partial charge in [0.25, 0.3) is 0 Å². The fourth-order valence-electron chi connectivity index (χ4n) is 3.50. The number of hydrogen-bond acceptors (Lipinski definition) is 0. The summed E-state index contributed by atoms with van der Waals surface area (Å²) in [4.78, 5) is 0. The SMILES string of the molecule is CC1=[C-]C(C)(C2CCCC2)C(C)=C1C.F.F.[C-]1=CC=CC1.[Zr+2]. The molecule has 3 aliphatic carbocycles. The first kappa shape index (κ1) is 24.0. The van der Waals surface area contributed by atoms with Gasteiger partial charge >= 0.3 is 26.2 Å². The van der Waals surface area contributed by atoms with Crippen molar-refractivity contribution in [2.75, 3.05) is 0 Å². The Morgan fingerprint density at radius 1 is 1.09 bits per heavy atom. The quantitative estimate of drug-likeness (QED) is 0.494. The fraction of sp³-hybridized carbons (Fsp3) is 0.579. The topological polar surface area (TPSA) is 0 Å². The van der Waals surface area contributed by atoms with Crippen LogP contribution >= 0.6 is 0 Å². The van der Waals surface area contributed by atoms with Crippen molar-refractivity contribution in [2.24, 2.45) is 11.3 Å². The number of rotatable bonds is 1. The molecule has 0 N–H and O–H groups in total. The molecule has 0 nitrogen and oxygen atoms in total. The Labute approximate surface area is 153 Å². The predicted molar refractivity (Wildman–Crippen MR) is 87.4 cm³/mol. The molecule has 1 fully saturated rings. The molecule has 0 radical (unpaired) electrons. The van der Waals surface area contributed by atoms with E-state index < -0.39 is 0 Å². The summed E-state index contributed by atoms with van der Waals surface area (Å²) in [5, 5.41) is 0. The van der Waals surface area contributed by atoms with Crippen LogP contribution in [-0.4, -0.2) is 0 Å². The van der Waals surface area contributed by atoms with Gasteiger partial charge in [0.1, 0.15) is 0 Å². The molecule has 0 spiro atoms. The minimum Gasteiger partial charge on any atom is -0.273 e. The van der Waals surface area contributed by atoms with Crippen LogP contribution in [0.3, 0.4) is 0 Å². The average molecular weight is 386 g/mol. The van der Waals surface area contributed by atoms with Gasteiger partial charge in [-0.05, 0) is 5.92 Å². The third-order valence-electron chi connectivity index (χ3n) is 5.11. The van der Waals surface area contributed by atoms with Crippen molar-refractivity contribution in [2.45, 2.75) is 59.8 Å². The van der Waals surface area contributed by atoms with Gasteiger partial charge in [0, 0.05) is 0 Å². The van der Waals surface area contributed by atoms with E-state index in [4.69, 9.17) is 0 Å². The van der Waals surface area contributed by atoms with E-state index in [0.717, 1.165) is 12.3 Å². The number of halogens is 2. The summed E-state index contributed by atoms with van der Waals surface area (Å²) in [6, 6.07) is 0. The molecule has 0 aromatic carbocycles. The largest absolute Gasteiger partial charge is 2.00 e. The maximum atomic E-state index is 3.71. The van der Waals surface area contributed by atoms with Crippen LogP contribution < -0.4 is 0 Å². The van der Waals surface area contributed by atoms with Gasteiger partial charge in [-0.15, -0.1) is 13.3 Å². The van der Waals surface area contributed by atoms with Crippen LogP contribution in [0.5, 0.6) is 0 Å². The van der Waals surface area contributed by atoms with Gasteiger partial charge in [0.2, 0.25) is 0 Å². The Morgan fingerprint density at radius 3 is 2.00 bits per heavy atom. The summed E-state index contributed by atoms with van der Waals surface area (Å²) in [6.07, 6.45) is 19.4. The normalized spacial score (nSPS) is 25.7. The monoisotopic (exact) mass is 384 g/mol. The van der Waals surface area contributed by atoms with E-state index in [1.54, 1.807) is 5.57 Å². The molecule has 1 atom stereocenters. The summed E-state index contributed by atoms with van der Waals surface area (Å²) in [5.74, 6) is 0.856. The molecule has 122 valence electrons. The first-order valence-corrected chi connectivity index (χ1v) is 7.57. The second-order valence-corrected chi connectivity index (χ2v) is 6.19. The van der Waals surface area contributed by atoms with E-state index in [1.165, 1.54) is 36.8 Å². The van der Waals surface area contributed by atoms with E-state index in [9.17, 15) is 0 Å². The van der Waals surface area contributed by atoms with Crippen molar-refractivity contribution in [1.82, 2.24) is 0 Å². The van der Waals surface area contributed by atoms with E-state index in [1.807, 2.05) is 12.2 Å². The molecular weight excluding hydrogens is 357 g/mol. The Hall–Kier alpha value is -0.297. The average Bonchev–Trinajstić information content (AvgIpc) is 3.12. The van der Waals surface area contributed by atoms with Crippen LogP contribution in [-0.2, 0) is 26.2 Å². The first-order valence-electron chi connectivity index (χ1n) is 7.57. The van der Waals surface area contributed by atoms with Crippen molar-refractivity contribution >= 4 is 0 Å². The minimum absolute atomic E-state index is 0. The molecule has 0 saturated heterocycles. The molecule has 3 heteroatoms. The summed E-state index contributed by atoms with van der Waals surface area (Å²) in [5.41, 5.74) is 4.71. The zero-order chi connectivity index (χ0) is 13.9. The van der Waals surface area contributed by atoms with Crippen LogP contribution in [0.25, 0.3) is 0 Å². The van der Waals surface area contributed by atoms with Gasteiger partial charge in [-0.1, -0.05) is 51.9 Å². The van der Waals surface area contributed by atoms with Crippen LogP contribution in [0, 0.1) is 23.5 Å². The second-order valence-electron chi connectivity index (χ2n) is 6.19. The third kappa shape index (κ3) is 5.12. The molecule has 0 aliphatic heterocycles. The maximum Gasteiger partial charge on any atom is 2.00 e. The predicted octanol–water partition coefficient (Wildman–Crippen LogP) is 5.89. The van der Waals surface area contributed by atoms with Gasteiger partial charge in [-0.2, -0.15) is 17.2 Å². The second kappa shape index (κ2) is 10.5. The van der Waals surface area contributed by atoms with Gasteiger partial charge in [0.15, 0.2) is 0 Å². The molecule has 0 bridgehead atoms. The van der Waals surface area contributed by atoms with Gasteiger partial charge < -0.3 is 0 Å². The molecule has 3 rings (SSSR count). The number of hydrogen-bond donors (Lipinski definition) is 0. The Bertz CT molecular complexity index is 444. The fourth-order valence-corrected chi connectivity index (χ4v) is 3.50. The molecule has 0 aromatic heterocycles. The third-order valence-corrected chi connectivity index (χ3v) is 5.11. The molecule has 0 heterocycles. The zero-order valence-electron chi connectivity index (χ0n) is 14.2. The molecule has 3 aliphatic rings. The summed E-state index contributed by atoms with van der Waals surface area (Å²) < 4.78 is 0. The van der Waals surface area contributed by atoms with Crippen molar-refractivity contribution < 1.29 is 35.6 Å². The van der Waals surface area contributed by atoms with Gasteiger partial charge in [-0.3, -0.25) is 21.6 Å². The standard InChI is InChI=1S/C14H21.C5H5.2FH.Zr/c1-10-9-14(4,12(3)11(10)2)13-7-5-6-8-13;1-2-4-5-3-1;;;/h13H,5-8H2,1-4H3;1-3H,4H2;2*1H;/q2*-1;;;+2. The first-order chi connectivity index (χ1) is 9.05. The van der Waals surface area contributed by atoms with Gasteiger partial charge in [-0.25, -0.2) is 17.7 Å². The van der Waals surface area contributed by atoms with Crippen LogP contribution in [0.2, 0.25) is 0 Å². The molecule has 22 heavy (non-hydrogen) atoms. The smallest absolute Gasteiger partial charge is 0.273 e. The summed E-state index contributed by atoms with van der Waals surface area (Å²) in [7, 11) is 0. The zero-order valence-corrected chi connectivity index (χ0v) is 16.6. The Balaban J connectivity index is 0. The summed E-state index contributed by atoms with van der Waals surface area (Å²) in [6.45, 7) is 9.15. The van der Waals surface area contributed by atoms with Crippen molar-refractivity contribution in [3.05, 3.63) is 47.1 Å². The van der Waals surface area contributed by atoms with Crippen molar-refractivity contribution in [3.63, 3.8) is 0 Å². The molecule has 0 amide bonds. The molecular formula is C19H28F2Zr. The van der Waals surface area contributed by atoms with E-state index in [-0.39, 0.29) is 41.0 Å². The van der Waals surface area contributed by atoms with Crippen LogP contribution in [0.1, 0.15) is 59.8 Å². The van der Waals surface area contributed by atoms with Crippen molar-refractivity contribution in [1.29, 1.82) is 0 Å². The van der Waals surface area contributed by atoms with E-state index >= 15 is 0 Å². The molecule has 0 aromatic rings. The van der Waals surface area contributed by atoms with Crippen molar-refractivity contribution in [3.8, 4) is 0 Å². The number of allylic oxidation sites excluding steroid dienone is 8. The molecule has 1 saturated carbocycles. The van der Waals surface area contributed by atoms with Gasteiger partial charge in [0.05, 0.1) is 0 Å². The van der Waals surface area contributed by atoms with Crippen LogP contribution in [0.15, 0.2) is 34.9 Å². The summed E-state index contributed by atoms with van der Waals surface area (Å²) >= 11 is 0. The van der Waals surface area contributed by atoms with E-state index in [2.05, 4.69) is 45.9 Å². The van der Waals surface area contributed by atoms with E-state index in [0.29, 0.717) is 0 Å².